The molecule has 1 atom stereocenters. The molecule has 0 radical (unpaired) electrons. The zero-order chi connectivity index (χ0) is 15.2. The smallest absolute Gasteiger partial charge is 0.130 e. The molecule has 1 aromatic heterocycles. The fourth-order valence-corrected chi connectivity index (χ4v) is 2.15. The minimum Gasteiger partial charge on any atom is -0.497 e. The van der Waals surface area contributed by atoms with E-state index in [0.717, 1.165) is 22.7 Å². The highest BCUT2D eigenvalue weighted by Crippen LogP contribution is 2.27. The Morgan fingerprint density at radius 3 is 2.71 bits per heavy atom. The maximum Gasteiger partial charge on any atom is 0.130 e. The summed E-state index contributed by atoms with van der Waals surface area (Å²) in [4.78, 5) is 4.42. The SMILES string of the molecule is CC[C@@H](O)c1ccccc1OCc1cc(OC)cc(C)n1. The molecule has 0 unspecified atom stereocenters. The average molecular weight is 287 g/mol. The largest absolute Gasteiger partial charge is 0.497 e. The van der Waals surface area contributed by atoms with Crippen molar-refractivity contribution in [2.24, 2.45) is 0 Å². The maximum atomic E-state index is 10.0. The van der Waals surface area contributed by atoms with E-state index in [1.54, 1.807) is 7.11 Å². The van der Waals surface area contributed by atoms with Crippen molar-refractivity contribution in [1.29, 1.82) is 0 Å². The van der Waals surface area contributed by atoms with Gasteiger partial charge in [-0.05, 0) is 19.4 Å². The number of nitrogens with zero attached hydrogens (tertiary/aromatic N) is 1. The topological polar surface area (TPSA) is 51.6 Å². The van der Waals surface area contributed by atoms with Crippen molar-refractivity contribution in [3.63, 3.8) is 0 Å². The molecule has 4 nitrogen and oxygen atoms in total. The standard InChI is InChI=1S/C17H21NO3/c1-4-16(19)15-7-5-6-8-17(15)21-11-13-10-14(20-3)9-12(2)18-13/h5-10,16,19H,4,11H2,1-3H3/t16-/m1/s1. The lowest BCUT2D eigenvalue weighted by Crippen LogP contribution is -2.04. The van der Waals surface area contributed by atoms with Crippen LogP contribution < -0.4 is 9.47 Å². The first-order valence-corrected chi connectivity index (χ1v) is 7.05. The molecule has 112 valence electrons. The van der Waals surface area contributed by atoms with Crippen LogP contribution in [0.2, 0.25) is 0 Å². The summed E-state index contributed by atoms with van der Waals surface area (Å²) in [6.45, 7) is 4.20. The second kappa shape index (κ2) is 7.09. The maximum absolute atomic E-state index is 10.0. The number of aromatic nitrogens is 1. The molecule has 2 rings (SSSR count). The molecule has 1 N–H and O–H groups in total. The summed E-state index contributed by atoms with van der Waals surface area (Å²) in [5, 5.41) is 10.0. The number of methoxy groups -OCH3 is 1. The molecule has 0 aliphatic carbocycles. The quantitative estimate of drug-likeness (QED) is 0.884. The van der Waals surface area contributed by atoms with Crippen molar-refractivity contribution >= 4 is 0 Å². The van der Waals surface area contributed by atoms with E-state index < -0.39 is 6.10 Å². The van der Waals surface area contributed by atoms with Crippen molar-refractivity contribution in [2.75, 3.05) is 7.11 Å². The van der Waals surface area contributed by atoms with E-state index in [-0.39, 0.29) is 0 Å². The van der Waals surface area contributed by atoms with Crippen molar-refractivity contribution in [3.05, 3.63) is 53.3 Å². The van der Waals surface area contributed by atoms with E-state index in [1.165, 1.54) is 0 Å². The summed E-state index contributed by atoms with van der Waals surface area (Å²) in [6, 6.07) is 11.3. The van der Waals surface area contributed by atoms with Gasteiger partial charge in [-0.1, -0.05) is 25.1 Å². The molecule has 0 saturated heterocycles. The highest BCUT2D eigenvalue weighted by Gasteiger charge is 2.11. The van der Waals surface area contributed by atoms with Crippen LogP contribution in [0.15, 0.2) is 36.4 Å². The number of aliphatic hydroxyl groups is 1. The number of pyridine rings is 1. The first-order chi connectivity index (χ1) is 10.1. The van der Waals surface area contributed by atoms with Crippen LogP contribution in [0.3, 0.4) is 0 Å². The lowest BCUT2D eigenvalue weighted by Gasteiger charge is -2.15. The van der Waals surface area contributed by atoms with Crippen LogP contribution in [-0.2, 0) is 6.61 Å². The average Bonchev–Trinajstić information content (AvgIpc) is 2.51. The molecule has 0 saturated carbocycles. The molecule has 0 fully saturated rings. The Balaban J connectivity index is 2.15. The number of ether oxygens (including phenoxy) is 2. The Hall–Kier alpha value is -2.07. The summed E-state index contributed by atoms with van der Waals surface area (Å²) in [6.07, 6.45) is 0.137. The highest BCUT2D eigenvalue weighted by molar-refractivity contribution is 5.35. The molecule has 4 heteroatoms. The van der Waals surface area contributed by atoms with E-state index in [0.29, 0.717) is 18.8 Å². The number of aliphatic hydroxyl groups excluding tert-OH is 1. The first kappa shape index (κ1) is 15.3. The summed E-state index contributed by atoms with van der Waals surface area (Å²) >= 11 is 0. The molecule has 1 aromatic carbocycles. The van der Waals surface area contributed by atoms with Gasteiger partial charge in [0.1, 0.15) is 18.1 Å². The van der Waals surface area contributed by atoms with Crippen molar-refractivity contribution < 1.29 is 14.6 Å². The van der Waals surface area contributed by atoms with E-state index in [2.05, 4.69) is 4.98 Å². The zero-order valence-electron chi connectivity index (χ0n) is 12.7. The number of para-hydroxylation sites is 1. The Kier molecular flexibility index (Phi) is 5.17. The van der Waals surface area contributed by atoms with Gasteiger partial charge in [-0.25, -0.2) is 0 Å². The third-order valence-electron chi connectivity index (χ3n) is 3.26. The van der Waals surface area contributed by atoms with Crippen LogP contribution in [0.4, 0.5) is 0 Å². The fourth-order valence-electron chi connectivity index (χ4n) is 2.15. The molecular formula is C17H21NO3. The Morgan fingerprint density at radius 2 is 2.00 bits per heavy atom. The predicted molar refractivity (Wildman–Crippen MR) is 81.6 cm³/mol. The lowest BCUT2D eigenvalue weighted by molar-refractivity contribution is 0.166. The van der Waals surface area contributed by atoms with Crippen molar-refractivity contribution in [1.82, 2.24) is 4.98 Å². The number of hydrogen-bond acceptors (Lipinski definition) is 4. The van der Waals surface area contributed by atoms with Crippen LogP contribution in [0.5, 0.6) is 11.5 Å². The van der Waals surface area contributed by atoms with Gasteiger partial charge in [-0.3, -0.25) is 4.98 Å². The van der Waals surface area contributed by atoms with Crippen LogP contribution in [0.25, 0.3) is 0 Å². The van der Waals surface area contributed by atoms with Gasteiger partial charge in [-0.15, -0.1) is 0 Å². The predicted octanol–water partition coefficient (Wildman–Crippen LogP) is 3.42. The second-order valence-electron chi connectivity index (χ2n) is 4.89. The van der Waals surface area contributed by atoms with E-state index in [9.17, 15) is 5.11 Å². The highest BCUT2D eigenvalue weighted by atomic mass is 16.5. The molecule has 0 aliphatic rings. The van der Waals surface area contributed by atoms with Crippen LogP contribution in [-0.4, -0.2) is 17.2 Å². The number of aryl methyl sites for hydroxylation is 1. The van der Waals surface area contributed by atoms with Crippen molar-refractivity contribution in [3.8, 4) is 11.5 Å². The first-order valence-electron chi connectivity index (χ1n) is 7.05. The van der Waals surface area contributed by atoms with Gasteiger partial charge in [-0.2, -0.15) is 0 Å². The minimum absolute atomic E-state index is 0.339. The van der Waals surface area contributed by atoms with E-state index in [1.807, 2.05) is 50.2 Å². The second-order valence-corrected chi connectivity index (χ2v) is 4.89. The molecule has 0 aliphatic heterocycles. The third kappa shape index (κ3) is 3.95. The summed E-state index contributed by atoms with van der Waals surface area (Å²) in [7, 11) is 1.63. The summed E-state index contributed by atoms with van der Waals surface area (Å²) in [5.41, 5.74) is 2.49. The number of hydrogen-bond donors (Lipinski definition) is 1. The van der Waals surface area contributed by atoms with Gasteiger partial charge >= 0.3 is 0 Å². The van der Waals surface area contributed by atoms with Crippen molar-refractivity contribution in [2.45, 2.75) is 33.0 Å². The Labute approximate surface area is 125 Å². The lowest BCUT2D eigenvalue weighted by atomic mass is 10.1. The van der Waals surface area contributed by atoms with Gasteiger partial charge in [0.2, 0.25) is 0 Å². The number of rotatable bonds is 6. The number of benzene rings is 1. The van der Waals surface area contributed by atoms with Crippen LogP contribution in [0.1, 0.15) is 36.4 Å². The van der Waals surface area contributed by atoms with Gasteiger partial charge in [0.25, 0.3) is 0 Å². The fraction of sp³-hybridized carbons (Fsp3) is 0.353. The van der Waals surface area contributed by atoms with Gasteiger partial charge in [0, 0.05) is 23.4 Å². The van der Waals surface area contributed by atoms with Gasteiger partial charge in [0.15, 0.2) is 0 Å². The van der Waals surface area contributed by atoms with Gasteiger partial charge in [0.05, 0.1) is 18.9 Å². The Bertz CT molecular complexity index is 598. The molecule has 0 bridgehead atoms. The summed E-state index contributed by atoms with van der Waals surface area (Å²) in [5.74, 6) is 1.46. The molecule has 0 amide bonds. The molecule has 21 heavy (non-hydrogen) atoms. The van der Waals surface area contributed by atoms with E-state index in [4.69, 9.17) is 9.47 Å². The molecule has 1 heterocycles. The summed E-state index contributed by atoms with van der Waals surface area (Å²) < 4.78 is 11.1. The molecule has 0 spiro atoms. The monoisotopic (exact) mass is 287 g/mol. The van der Waals surface area contributed by atoms with Gasteiger partial charge < -0.3 is 14.6 Å². The van der Waals surface area contributed by atoms with Crippen LogP contribution in [0, 0.1) is 6.92 Å². The Morgan fingerprint density at radius 1 is 1.24 bits per heavy atom. The normalized spacial score (nSPS) is 12.0. The van der Waals surface area contributed by atoms with E-state index >= 15 is 0 Å². The zero-order valence-corrected chi connectivity index (χ0v) is 12.7. The third-order valence-corrected chi connectivity index (χ3v) is 3.26. The minimum atomic E-state index is -0.513. The molecule has 2 aromatic rings. The van der Waals surface area contributed by atoms with Crippen LogP contribution >= 0.6 is 0 Å². The molecular weight excluding hydrogens is 266 g/mol.